The Labute approximate surface area is 171 Å². The largest absolute Gasteiger partial charge is 0.491 e. The van der Waals surface area contributed by atoms with Crippen LogP contribution < -0.4 is 14.8 Å². The standard InChI is InChI=1S/C19H30FN3O5S/c1-3-10-28-17-12-15(7-8-16(17)20)14(2)22-29(26,27)11-6-4-5-9-23-13-18(24)21-19(23)25/h7-8,12,14,19,22,25H,3-6,9-11,13H2,1-2H3,(H,21,24)/t14-,19?/m0/s1. The van der Waals surface area contributed by atoms with Crippen LogP contribution in [0.25, 0.3) is 0 Å². The molecule has 1 fully saturated rings. The van der Waals surface area contributed by atoms with Crippen LogP contribution in [0.15, 0.2) is 18.2 Å². The number of ether oxygens (including phenoxy) is 1. The van der Waals surface area contributed by atoms with Crippen molar-refractivity contribution >= 4 is 15.9 Å². The molecule has 1 heterocycles. The van der Waals surface area contributed by atoms with Crippen LogP contribution >= 0.6 is 0 Å². The lowest BCUT2D eigenvalue weighted by atomic mass is 10.1. The third-order valence-electron chi connectivity index (χ3n) is 4.61. The summed E-state index contributed by atoms with van der Waals surface area (Å²) in [7, 11) is -3.50. The molecular weight excluding hydrogens is 401 g/mol. The van der Waals surface area contributed by atoms with Crippen molar-refractivity contribution in [1.29, 1.82) is 0 Å². The molecule has 10 heteroatoms. The Kier molecular flexibility index (Phi) is 8.81. The number of benzene rings is 1. The molecule has 0 aromatic heterocycles. The quantitative estimate of drug-likeness (QED) is 0.433. The molecule has 1 aliphatic rings. The molecule has 0 bridgehead atoms. The Morgan fingerprint density at radius 1 is 1.38 bits per heavy atom. The first-order chi connectivity index (χ1) is 13.7. The summed E-state index contributed by atoms with van der Waals surface area (Å²) in [6, 6.07) is 3.83. The Morgan fingerprint density at radius 2 is 2.14 bits per heavy atom. The number of aliphatic hydroxyl groups excluding tert-OH is 1. The molecule has 1 amide bonds. The first-order valence-electron chi connectivity index (χ1n) is 9.85. The summed E-state index contributed by atoms with van der Waals surface area (Å²) in [4.78, 5) is 12.8. The second-order valence-corrected chi connectivity index (χ2v) is 9.04. The van der Waals surface area contributed by atoms with Crippen molar-refractivity contribution in [2.24, 2.45) is 0 Å². The third-order valence-corrected chi connectivity index (χ3v) is 6.15. The van der Waals surface area contributed by atoms with Gasteiger partial charge in [-0.25, -0.2) is 17.5 Å². The fourth-order valence-corrected chi connectivity index (χ4v) is 4.42. The number of aliphatic hydroxyl groups is 1. The highest BCUT2D eigenvalue weighted by molar-refractivity contribution is 7.89. The highest BCUT2D eigenvalue weighted by Crippen LogP contribution is 2.23. The van der Waals surface area contributed by atoms with Crippen molar-refractivity contribution in [2.75, 3.05) is 25.4 Å². The number of sulfonamides is 1. The average Bonchev–Trinajstić information content (AvgIpc) is 2.97. The van der Waals surface area contributed by atoms with E-state index in [4.69, 9.17) is 4.74 Å². The second kappa shape index (κ2) is 10.9. The number of carbonyl (C=O) groups is 1. The van der Waals surface area contributed by atoms with Gasteiger partial charge in [0.05, 0.1) is 18.9 Å². The van der Waals surface area contributed by atoms with Gasteiger partial charge in [0, 0.05) is 12.6 Å². The first-order valence-corrected chi connectivity index (χ1v) is 11.5. The van der Waals surface area contributed by atoms with Crippen molar-refractivity contribution in [3.05, 3.63) is 29.6 Å². The number of hydrogen-bond donors (Lipinski definition) is 3. The van der Waals surface area contributed by atoms with Gasteiger partial charge in [-0.05, 0) is 43.9 Å². The van der Waals surface area contributed by atoms with E-state index in [9.17, 15) is 22.7 Å². The molecule has 0 aliphatic carbocycles. The molecular formula is C19H30FN3O5S. The molecule has 1 unspecified atom stereocenters. The van der Waals surface area contributed by atoms with Gasteiger partial charge in [-0.15, -0.1) is 0 Å². The average molecular weight is 432 g/mol. The smallest absolute Gasteiger partial charge is 0.237 e. The van der Waals surface area contributed by atoms with E-state index in [0.29, 0.717) is 38.0 Å². The van der Waals surface area contributed by atoms with E-state index in [-0.39, 0.29) is 24.0 Å². The SMILES string of the molecule is CCCOc1cc([C@H](C)NS(=O)(=O)CCCCCN2CC(=O)NC2O)ccc1F. The van der Waals surface area contributed by atoms with Gasteiger partial charge in [-0.3, -0.25) is 9.69 Å². The number of rotatable bonds is 12. The Bertz CT molecular complexity index is 790. The summed E-state index contributed by atoms with van der Waals surface area (Å²) in [6.45, 7) is 4.68. The number of nitrogens with zero attached hydrogens (tertiary/aromatic N) is 1. The minimum atomic E-state index is -3.50. The van der Waals surface area contributed by atoms with Crippen molar-refractivity contribution in [3.63, 3.8) is 0 Å². The predicted octanol–water partition coefficient (Wildman–Crippen LogP) is 1.47. The highest BCUT2D eigenvalue weighted by Gasteiger charge is 2.26. The van der Waals surface area contributed by atoms with Crippen LogP contribution in [0.2, 0.25) is 0 Å². The van der Waals surface area contributed by atoms with Crippen LogP contribution in [0.4, 0.5) is 4.39 Å². The molecule has 2 atom stereocenters. The van der Waals surface area contributed by atoms with Crippen molar-refractivity contribution < 1.29 is 27.4 Å². The zero-order chi connectivity index (χ0) is 21.4. The number of halogens is 1. The zero-order valence-electron chi connectivity index (χ0n) is 16.9. The van der Waals surface area contributed by atoms with Crippen LogP contribution in [0, 0.1) is 5.82 Å². The third kappa shape index (κ3) is 7.54. The number of amides is 1. The van der Waals surface area contributed by atoms with Crippen LogP contribution in [-0.4, -0.2) is 56.1 Å². The van der Waals surface area contributed by atoms with Crippen molar-refractivity contribution in [2.45, 2.75) is 51.9 Å². The van der Waals surface area contributed by atoms with E-state index in [2.05, 4.69) is 10.0 Å². The maximum atomic E-state index is 13.8. The van der Waals surface area contributed by atoms with Crippen LogP contribution in [0.3, 0.4) is 0 Å². The molecule has 164 valence electrons. The van der Waals surface area contributed by atoms with Gasteiger partial charge >= 0.3 is 0 Å². The summed E-state index contributed by atoms with van der Waals surface area (Å²) >= 11 is 0. The Hall–Kier alpha value is -1.75. The lowest BCUT2D eigenvalue weighted by Crippen LogP contribution is -2.36. The molecule has 0 spiro atoms. The van der Waals surface area contributed by atoms with Crippen LogP contribution in [0.1, 0.15) is 51.1 Å². The molecule has 1 aliphatic heterocycles. The number of unbranched alkanes of at least 4 members (excludes halogenated alkanes) is 2. The lowest BCUT2D eigenvalue weighted by molar-refractivity contribution is -0.119. The van der Waals surface area contributed by atoms with E-state index in [1.165, 1.54) is 18.2 Å². The maximum absolute atomic E-state index is 13.8. The summed E-state index contributed by atoms with van der Waals surface area (Å²) < 4.78 is 46.4. The number of nitrogens with one attached hydrogen (secondary N) is 2. The van der Waals surface area contributed by atoms with Gasteiger partial charge in [0.15, 0.2) is 17.9 Å². The highest BCUT2D eigenvalue weighted by atomic mass is 32.2. The van der Waals surface area contributed by atoms with E-state index in [0.717, 1.165) is 6.42 Å². The molecule has 0 radical (unpaired) electrons. The molecule has 8 nitrogen and oxygen atoms in total. The van der Waals surface area contributed by atoms with Gasteiger partial charge in [0.2, 0.25) is 15.9 Å². The van der Waals surface area contributed by atoms with Crippen LogP contribution in [-0.2, 0) is 14.8 Å². The van der Waals surface area contributed by atoms with E-state index >= 15 is 0 Å². The Balaban J connectivity index is 1.77. The molecule has 2 rings (SSSR count). The predicted molar refractivity (Wildman–Crippen MR) is 107 cm³/mol. The topological polar surface area (TPSA) is 108 Å². The maximum Gasteiger partial charge on any atom is 0.237 e. The van der Waals surface area contributed by atoms with Gasteiger partial charge < -0.3 is 15.2 Å². The lowest BCUT2D eigenvalue weighted by Gasteiger charge is -2.18. The molecule has 1 saturated heterocycles. The Morgan fingerprint density at radius 3 is 2.79 bits per heavy atom. The fraction of sp³-hybridized carbons (Fsp3) is 0.632. The van der Waals surface area contributed by atoms with Gasteiger partial charge in [0.1, 0.15) is 0 Å². The number of carbonyl (C=O) groups excluding carboxylic acids is 1. The molecule has 29 heavy (non-hydrogen) atoms. The molecule has 0 saturated carbocycles. The monoisotopic (exact) mass is 431 g/mol. The van der Waals surface area contributed by atoms with Gasteiger partial charge in [-0.2, -0.15) is 0 Å². The van der Waals surface area contributed by atoms with Crippen LogP contribution in [0.5, 0.6) is 5.75 Å². The normalized spacial score (nSPS) is 18.6. The van der Waals surface area contributed by atoms with E-state index in [1.54, 1.807) is 11.8 Å². The molecule has 3 N–H and O–H groups in total. The molecule has 1 aromatic carbocycles. The fourth-order valence-electron chi connectivity index (χ4n) is 3.05. The minimum Gasteiger partial charge on any atom is -0.491 e. The summed E-state index contributed by atoms with van der Waals surface area (Å²) in [5.41, 5.74) is 0.626. The van der Waals surface area contributed by atoms with E-state index in [1.807, 2.05) is 6.92 Å². The van der Waals surface area contributed by atoms with Crippen molar-refractivity contribution in [3.8, 4) is 5.75 Å². The number of hydrogen-bond acceptors (Lipinski definition) is 6. The van der Waals surface area contributed by atoms with Crippen molar-refractivity contribution in [1.82, 2.24) is 14.9 Å². The summed E-state index contributed by atoms with van der Waals surface area (Å²) in [5, 5.41) is 12.0. The minimum absolute atomic E-state index is 0.0303. The van der Waals surface area contributed by atoms with Gasteiger partial charge in [0.25, 0.3) is 0 Å². The summed E-state index contributed by atoms with van der Waals surface area (Å²) in [6.07, 6.45) is 1.57. The summed E-state index contributed by atoms with van der Waals surface area (Å²) in [5.74, 6) is -0.607. The first kappa shape index (κ1) is 23.5. The molecule has 1 aromatic rings. The van der Waals surface area contributed by atoms with E-state index < -0.39 is 28.2 Å². The zero-order valence-corrected chi connectivity index (χ0v) is 17.7. The second-order valence-electron chi connectivity index (χ2n) is 7.17. The van der Waals surface area contributed by atoms with Gasteiger partial charge in [-0.1, -0.05) is 19.4 Å².